The van der Waals surface area contributed by atoms with Gasteiger partial charge < -0.3 is 10.5 Å². The zero-order chi connectivity index (χ0) is 23.4. The van der Waals surface area contributed by atoms with E-state index in [1.165, 1.54) is 0 Å². The van der Waals surface area contributed by atoms with E-state index in [0.29, 0.717) is 5.56 Å². The van der Waals surface area contributed by atoms with E-state index in [1.54, 1.807) is 40.1 Å². The van der Waals surface area contributed by atoms with E-state index in [0.717, 1.165) is 4.90 Å². The average Bonchev–Trinajstić information content (AvgIpc) is 2.76. The Morgan fingerprint density at radius 1 is 0.938 bits per heavy atom. The summed E-state index contributed by atoms with van der Waals surface area (Å²) in [6, 6.07) is 7.08. The second-order valence-electron chi connectivity index (χ2n) is 7.96. The second kappa shape index (κ2) is 9.98. The minimum absolute atomic E-state index is 0.0620. The third-order valence-electron chi connectivity index (χ3n) is 5.85. The molecule has 11 nitrogen and oxygen atoms in total. The van der Waals surface area contributed by atoms with Crippen molar-refractivity contribution in [3.05, 3.63) is 35.9 Å². The highest BCUT2D eigenvalue weighted by Crippen LogP contribution is 2.17. The van der Waals surface area contributed by atoms with Gasteiger partial charge in [-0.15, -0.1) is 0 Å². The highest BCUT2D eigenvalue weighted by atomic mass is 16.5. The van der Waals surface area contributed by atoms with Crippen molar-refractivity contribution < 1.29 is 28.7 Å². The summed E-state index contributed by atoms with van der Waals surface area (Å²) >= 11 is 0. The summed E-state index contributed by atoms with van der Waals surface area (Å²) in [7, 11) is 0. The molecule has 0 saturated carbocycles. The minimum atomic E-state index is -1.02. The Bertz CT molecular complexity index is 873. The van der Waals surface area contributed by atoms with Crippen molar-refractivity contribution in [2.45, 2.75) is 32.0 Å². The predicted octanol–water partition coefficient (Wildman–Crippen LogP) is -1.41. The molecule has 0 aromatic heterocycles. The molecular weight excluding hydrogens is 418 g/mol. The lowest BCUT2D eigenvalue weighted by Gasteiger charge is -2.41. The Labute approximate surface area is 185 Å². The number of hydrogen-bond acceptors (Lipinski definition) is 9. The first-order valence-electron chi connectivity index (χ1n) is 10.3. The number of nitrogens with one attached hydrogen (secondary N) is 1. The number of ether oxygens (including phenoxy) is 1. The Morgan fingerprint density at radius 2 is 1.44 bits per heavy atom. The van der Waals surface area contributed by atoms with Crippen LogP contribution in [0.1, 0.15) is 25.5 Å². The van der Waals surface area contributed by atoms with Gasteiger partial charge in [0.1, 0.15) is 6.04 Å². The molecule has 3 N–H and O–H groups in total. The summed E-state index contributed by atoms with van der Waals surface area (Å²) in [5.74, 6) is -2.52. The van der Waals surface area contributed by atoms with Crippen molar-refractivity contribution in [3.63, 3.8) is 0 Å². The first-order chi connectivity index (χ1) is 15.2. The van der Waals surface area contributed by atoms with Gasteiger partial charge in [0.15, 0.2) is 6.73 Å². The van der Waals surface area contributed by atoms with Crippen LogP contribution in [0, 0.1) is 0 Å². The van der Waals surface area contributed by atoms with E-state index in [2.05, 4.69) is 5.32 Å². The fraction of sp³-hybridized carbons (Fsp3) is 0.476. The molecule has 172 valence electrons. The number of carbonyl (C=O) groups excluding carboxylic acids is 5. The van der Waals surface area contributed by atoms with Crippen molar-refractivity contribution in [2.75, 3.05) is 32.9 Å². The van der Waals surface area contributed by atoms with E-state index >= 15 is 0 Å². The zero-order valence-electron chi connectivity index (χ0n) is 18.0. The van der Waals surface area contributed by atoms with Gasteiger partial charge in [0.25, 0.3) is 0 Å². The van der Waals surface area contributed by atoms with Crippen LogP contribution in [-0.2, 0) is 28.7 Å². The minimum Gasteiger partial charge on any atom is -0.442 e. The van der Waals surface area contributed by atoms with Gasteiger partial charge in [-0.2, -0.15) is 0 Å². The standard InChI is InChI=1S/C21H27N5O6/c1-13(24-8-16(27)23-17(28)9-24)14(2)25-10-18(29)26(19(30)11-25)12-32-21(31)20(22)15-6-4-3-5-7-15/h3-7,13-14,20H,8-12,22H2,1-2H3,(H,23,27,28). The fourth-order valence-corrected chi connectivity index (χ4v) is 3.72. The zero-order valence-corrected chi connectivity index (χ0v) is 18.0. The van der Waals surface area contributed by atoms with Crippen LogP contribution in [0.5, 0.6) is 0 Å². The Balaban J connectivity index is 1.55. The molecule has 4 amide bonds. The number of nitrogens with zero attached hydrogens (tertiary/aromatic N) is 3. The third kappa shape index (κ3) is 5.36. The van der Waals surface area contributed by atoms with Crippen LogP contribution < -0.4 is 11.1 Å². The normalized spacial score (nSPS) is 21.2. The van der Waals surface area contributed by atoms with Gasteiger partial charge in [0.05, 0.1) is 26.2 Å². The molecule has 3 atom stereocenters. The molecule has 2 aliphatic heterocycles. The second-order valence-corrected chi connectivity index (χ2v) is 7.96. The van der Waals surface area contributed by atoms with Crippen molar-refractivity contribution in [3.8, 4) is 0 Å². The van der Waals surface area contributed by atoms with Crippen LogP contribution in [0.4, 0.5) is 0 Å². The highest BCUT2D eigenvalue weighted by Gasteiger charge is 2.38. The molecule has 11 heteroatoms. The molecule has 0 radical (unpaired) electrons. The topological polar surface area (TPSA) is 142 Å². The smallest absolute Gasteiger partial charge is 0.329 e. The third-order valence-corrected chi connectivity index (χ3v) is 5.85. The Kier molecular flexibility index (Phi) is 7.33. The molecule has 0 spiro atoms. The van der Waals surface area contributed by atoms with Gasteiger partial charge in [-0.3, -0.25) is 34.3 Å². The lowest BCUT2D eigenvalue weighted by molar-refractivity contribution is -0.165. The van der Waals surface area contributed by atoms with Gasteiger partial charge in [-0.25, -0.2) is 9.69 Å². The molecule has 2 heterocycles. The fourth-order valence-electron chi connectivity index (χ4n) is 3.72. The molecular formula is C21H27N5O6. The summed E-state index contributed by atoms with van der Waals surface area (Å²) < 4.78 is 5.11. The SMILES string of the molecule is CC(C(C)N1CC(=O)N(COC(=O)C(N)c2ccccc2)C(=O)C1)N1CC(=O)NC(=O)C1. The molecule has 2 saturated heterocycles. The summed E-state index contributed by atoms with van der Waals surface area (Å²) in [4.78, 5) is 65.0. The average molecular weight is 445 g/mol. The monoisotopic (exact) mass is 445 g/mol. The Hall–Kier alpha value is -3.15. The van der Waals surface area contributed by atoms with Crippen LogP contribution >= 0.6 is 0 Å². The number of amides is 4. The largest absolute Gasteiger partial charge is 0.442 e. The highest BCUT2D eigenvalue weighted by molar-refractivity contribution is 6.00. The Morgan fingerprint density at radius 3 is 1.97 bits per heavy atom. The molecule has 1 aromatic carbocycles. The lowest BCUT2D eigenvalue weighted by Crippen LogP contribution is -2.62. The number of imide groups is 2. The molecule has 0 bridgehead atoms. The number of piperazine rings is 2. The summed E-state index contributed by atoms with van der Waals surface area (Å²) in [6.07, 6.45) is 0. The summed E-state index contributed by atoms with van der Waals surface area (Å²) in [6.45, 7) is 3.17. The molecule has 32 heavy (non-hydrogen) atoms. The van der Waals surface area contributed by atoms with Crippen molar-refractivity contribution >= 4 is 29.6 Å². The first kappa shape index (κ1) is 23.5. The van der Waals surface area contributed by atoms with Crippen LogP contribution in [0.25, 0.3) is 0 Å². The maximum Gasteiger partial charge on any atom is 0.329 e. The molecule has 0 aliphatic carbocycles. The number of nitrogens with two attached hydrogens (primary N) is 1. The van der Waals surface area contributed by atoms with Gasteiger partial charge in [0, 0.05) is 12.1 Å². The summed E-state index contributed by atoms with van der Waals surface area (Å²) in [5.41, 5.74) is 6.44. The predicted molar refractivity (Wildman–Crippen MR) is 111 cm³/mol. The van der Waals surface area contributed by atoms with Gasteiger partial charge in [0.2, 0.25) is 23.6 Å². The van der Waals surface area contributed by atoms with Crippen LogP contribution in [0.15, 0.2) is 30.3 Å². The van der Waals surface area contributed by atoms with Crippen molar-refractivity contribution in [1.82, 2.24) is 20.0 Å². The first-order valence-corrected chi connectivity index (χ1v) is 10.3. The number of esters is 1. The number of hydrogen-bond donors (Lipinski definition) is 2. The molecule has 2 fully saturated rings. The van der Waals surface area contributed by atoms with E-state index in [9.17, 15) is 24.0 Å². The van der Waals surface area contributed by atoms with Gasteiger partial charge in [-0.05, 0) is 19.4 Å². The molecule has 2 aliphatic rings. The van der Waals surface area contributed by atoms with E-state index < -0.39 is 30.6 Å². The van der Waals surface area contributed by atoms with Gasteiger partial charge in [-0.1, -0.05) is 30.3 Å². The number of carbonyl (C=O) groups is 5. The van der Waals surface area contributed by atoms with Crippen LogP contribution in [0.3, 0.4) is 0 Å². The van der Waals surface area contributed by atoms with Crippen LogP contribution in [0.2, 0.25) is 0 Å². The van der Waals surface area contributed by atoms with Gasteiger partial charge >= 0.3 is 5.97 Å². The maximum absolute atomic E-state index is 12.6. The lowest BCUT2D eigenvalue weighted by atomic mass is 10.1. The summed E-state index contributed by atoms with van der Waals surface area (Å²) in [5, 5.41) is 2.25. The molecule has 3 rings (SSSR count). The van der Waals surface area contributed by atoms with E-state index in [-0.39, 0.29) is 50.1 Å². The number of benzene rings is 1. The quantitative estimate of drug-likeness (QED) is 0.382. The number of rotatable bonds is 7. The maximum atomic E-state index is 12.6. The molecule has 1 aromatic rings. The van der Waals surface area contributed by atoms with Crippen LogP contribution in [-0.4, -0.2) is 89.3 Å². The molecule has 3 unspecified atom stereocenters. The van der Waals surface area contributed by atoms with E-state index in [1.807, 2.05) is 13.8 Å². The van der Waals surface area contributed by atoms with Crippen molar-refractivity contribution in [1.29, 1.82) is 0 Å². The van der Waals surface area contributed by atoms with Crippen molar-refractivity contribution in [2.24, 2.45) is 5.73 Å². The van der Waals surface area contributed by atoms with E-state index in [4.69, 9.17) is 10.5 Å².